The van der Waals surface area contributed by atoms with Gasteiger partial charge < -0.3 is 5.32 Å². The average molecular weight is 304 g/mol. The van der Waals surface area contributed by atoms with Crippen LogP contribution in [0.3, 0.4) is 0 Å². The lowest BCUT2D eigenvalue weighted by atomic mass is 10.2. The quantitative estimate of drug-likeness (QED) is 0.886. The Morgan fingerprint density at radius 1 is 1.25 bits per heavy atom. The smallest absolute Gasteiger partial charge is 0.150 e. The molecular weight excluding hydrogens is 296 g/mol. The van der Waals surface area contributed by atoms with E-state index in [4.69, 9.17) is 0 Å². The van der Waals surface area contributed by atoms with Crippen molar-refractivity contribution in [3.8, 4) is 0 Å². The Morgan fingerprint density at radius 2 is 1.94 bits per heavy atom. The van der Waals surface area contributed by atoms with E-state index in [1.165, 1.54) is 12.1 Å². The van der Waals surface area contributed by atoms with Crippen molar-refractivity contribution in [2.45, 2.75) is 6.54 Å². The summed E-state index contributed by atoms with van der Waals surface area (Å²) in [5, 5.41) is 6.60. The molecule has 1 N–H and O–H groups in total. The predicted molar refractivity (Wildman–Crippen MR) is 65.7 cm³/mol. The average Bonchev–Trinajstić information content (AvgIpc) is 2.68. The molecule has 0 aliphatic carbocycles. The fourth-order valence-corrected chi connectivity index (χ4v) is 2.37. The van der Waals surface area contributed by atoms with Crippen LogP contribution in [0.4, 0.5) is 14.5 Å². The summed E-state index contributed by atoms with van der Waals surface area (Å²) in [5.74, 6) is -1.19. The second-order valence-corrected chi connectivity index (χ2v) is 4.93. The lowest BCUT2D eigenvalue weighted by Gasteiger charge is -2.08. The molecular formula is C11H8BrF2NS. The van der Waals surface area contributed by atoms with E-state index in [2.05, 4.69) is 21.2 Å². The maximum Gasteiger partial charge on any atom is 0.150 e. The van der Waals surface area contributed by atoms with Crippen LogP contribution in [0.25, 0.3) is 0 Å². The summed E-state index contributed by atoms with van der Waals surface area (Å²) in [7, 11) is 0. The Balaban J connectivity index is 2.15. The molecule has 16 heavy (non-hydrogen) atoms. The highest BCUT2D eigenvalue weighted by Crippen LogP contribution is 2.24. The predicted octanol–water partition coefficient (Wildman–Crippen LogP) is 4.40. The van der Waals surface area contributed by atoms with E-state index < -0.39 is 11.6 Å². The van der Waals surface area contributed by atoms with Crippen molar-refractivity contribution in [2.24, 2.45) is 0 Å². The zero-order chi connectivity index (χ0) is 11.5. The molecule has 0 saturated carbocycles. The molecule has 0 saturated heterocycles. The molecule has 1 nitrogen and oxygen atoms in total. The van der Waals surface area contributed by atoms with Gasteiger partial charge in [0.1, 0.15) is 17.3 Å². The number of nitrogens with one attached hydrogen (secondary N) is 1. The summed E-state index contributed by atoms with van der Waals surface area (Å²) in [6.45, 7) is 0.416. The molecule has 5 heteroatoms. The van der Waals surface area contributed by atoms with E-state index in [-0.39, 0.29) is 5.69 Å². The maximum atomic E-state index is 13.4. The third-order valence-electron chi connectivity index (χ3n) is 2.06. The molecule has 0 atom stereocenters. The van der Waals surface area contributed by atoms with Gasteiger partial charge in [0, 0.05) is 11.0 Å². The van der Waals surface area contributed by atoms with Gasteiger partial charge in [-0.25, -0.2) is 8.78 Å². The molecule has 84 valence electrons. The second-order valence-electron chi connectivity index (χ2n) is 3.23. The SMILES string of the molecule is Fc1cc(Br)cc(F)c1NCc1ccsc1. The van der Waals surface area contributed by atoms with Crippen LogP contribution in [0.2, 0.25) is 0 Å². The third-order valence-corrected chi connectivity index (χ3v) is 3.25. The maximum absolute atomic E-state index is 13.4. The minimum atomic E-state index is -0.595. The molecule has 0 amide bonds. The van der Waals surface area contributed by atoms with Gasteiger partial charge in [0.2, 0.25) is 0 Å². The molecule has 2 aromatic rings. The van der Waals surface area contributed by atoms with E-state index in [0.717, 1.165) is 5.56 Å². The molecule has 0 unspecified atom stereocenters. The van der Waals surface area contributed by atoms with Gasteiger partial charge in [-0.1, -0.05) is 15.9 Å². The summed E-state index contributed by atoms with van der Waals surface area (Å²) < 4.78 is 27.2. The molecule has 1 aromatic heterocycles. The summed E-state index contributed by atoms with van der Waals surface area (Å²) in [6.07, 6.45) is 0. The van der Waals surface area contributed by atoms with Gasteiger partial charge >= 0.3 is 0 Å². The first kappa shape index (κ1) is 11.5. The van der Waals surface area contributed by atoms with Gasteiger partial charge in [-0.2, -0.15) is 11.3 Å². The monoisotopic (exact) mass is 303 g/mol. The van der Waals surface area contributed by atoms with Crippen LogP contribution in [0.1, 0.15) is 5.56 Å². The topological polar surface area (TPSA) is 12.0 Å². The third kappa shape index (κ3) is 2.59. The van der Waals surface area contributed by atoms with Crippen molar-refractivity contribution in [3.63, 3.8) is 0 Å². The molecule has 0 aliphatic rings. The molecule has 1 heterocycles. The highest BCUT2D eigenvalue weighted by molar-refractivity contribution is 9.10. The Bertz CT molecular complexity index is 462. The normalized spacial score (nSPS) is 10.4. The Kier molecular flexibility index (Phi) is 3.56. The van der Waals surface area contributed by atoms with Gasteiger partial charge in [0.15, 0.2) is 0 Å². The first-order valence-electron chi connectivity index (χ1n) is 4.56. The van der Waals surface area contributed by atoms with Gasteiger partial charge in [-0.15, -0.1) is 0 Å². The van der Waals surface area contributed by atoms with E-state index in [9.17, 15) is 8.78 Å². The second kappa shape index (κ2) is 4.93. The van der Waals surface area contributed by atoms with E-state index in [1.807, 2.05) is 16.8 Å². The molecule has 2 rings (SSSR count). The largest absolute Gasteiger partial charge is 0.376 e. The summed E-state index contributed by atoms with van der Waals surface area (Å²) in [4.78, 5) is 0. The highest BCUT2D eigenvalue weighted by Gasteiger charge is 2.09. The molecule has 0 radical (unpaired) electrons. The van der Waals surface area contributed by atoms with Crippen LogP contribution in [-0.4, -0.2) is 0 Å². The molecule has 0 aliphatic heterocycles. The van der Waals surface area contributed by atoms with Crippen molar-refractivity contribution in [3.05, 3.63) is 50.6 Å². The number of benzene rings is 1. The van der Waals surface area contributed by atoms with Crippen molar-refractivity contribution in [1.82, 2.24) is 0 Å². The summed E-state index contributed by atoms with van der Waals surface area (Å²) in [6, 6.07) is 4.38. The number of hydrogen-bond donors (Lipinski definition) is 1. The van der Waals surface area contributed by atoms with Crippen molar-refractivity contribution in [1.29, 1.82) is 0 Å². The lowest BCUT2D eigenvalue weighted by molar-refractivity contribution is 0.586. The van der Waals surface area contributed by atoms with Crippen LogP contribution < -0.4 is 5.32 Å². The standard InChI is InChI=1S/C11H8BrF2NS/c12-8-3-9(13)11(10(14)4-8)15-5-7-1-2-16-6-7/h1-4,6,15H,5H2. The van der Waals surface area contributed by atoms with Crippen LogP contribution in [0.15, 0.2) is 33.4 Å². The fraction of sp³-hybridized carbons (Fsp3) is 0.0909. The number of hydrogen-bond acceptors (Lipinski definition) is 2. The Morgan fingerprint density at radius 3 is 2.50 bits per heavy atom. The van der Waals surface area contributed by atoms with Crippen molar-refractivity contribution < 1.29 is 8.78 Å². The minimum absolute atomic E-state index is 0.0885. The molecule has 0 fully saturated rings. The van der Waals surface area contributed by atoms with E-state index >= 15 is 0 Å². The highest BCUT2D eigenvalue weighted by atomic mass is 79.9. The van der Waals surface area contributed by atoms with Crippen molar-refractivity contribution in [2.75, 3.05) is 5.32 Å². The summed E-state index contributed by atoms with van der Waals surface area (Å²) >= 11 is 4.58. The van der Waals surface area contributed by atoms with Crippen molar-refractivity contribution >= 4 is 33.0 Å². The molecule has 0 spiro atoms. The fourth-order valence-electron chi connectivity index (χ4n) is 1.29. The van der Waals surface area contributed by atoms with Gasteiger partial charge in [-0.3, -0.25) is 0 Å². The van der Waals surface area contributed by atoms with Gasteiger partial charge in [0.25, 0.3) is 0 Å². The minimum Gasteiger partial charge on any atom is -0.376 e. The van der Waals surface area contributed by atoms with Crippen LogP contribution in [0, 0.1) is 11.6 Å². The number of halogens is 3. The number of rotatable bonds is 3. The Hall–Kier alpha value is -0.940. The van der Waals surface area contributed by atoms with Gasteiger partial charge in [-0.05, 0) is 34.5 Å². The van der Waals surface area contributed by atoms with Crippen LogP contribution in [0.5, 0.6) is 0 Å². The van der Waals surface area contributed by atoms with Crippen LogP contribution >= 0.6 is 27.3 Å². The van der Waals surface area contributed by atoms with E-state index in [1.54, 1.807) is 11.3 Å². The first-order valence-corrected chi connectivity index (χ1v) is 6.30. The summed E-state index contributed by atoms with van der Waals surface area (Å²) in [5.41, 5.74) is 0.918. The first-order chi connectivity index (χ1) is 7.66. The molecule has 1 aromatic carbocycles. The number of thiophene rings is 1. The zero-order valence-corrected chi connectivity index (χ0v) is 10.5. The Labute approximate surface area is 104 Å². The van der Waals surface area contributed by atoms with E-state index in [0.29, 0.717) is 11.0 Å². The van der Waals surface area contributed by atoms with Gasteiger partial charge in [0.05, 0.1) is 0 Å². The lowest BCUT2D eigenvalue weighted by Crippen LogP contribution is -2.03. The molecule has 0 bridgehead atoms. The zero-order valence-electron chi connectivity index (χ0n) is 8.14. The van der Waals surface area contributed by atoms with Crippen LogP contribution in [-0.2, 0) is 6.54 Å². The number of anilines is 1.